The Morgan fingerprint density at radius 1 is 0.983 bits per heavy atom. The molecule has 7 atom stereocenters. The third-order valence-electron chi connectivity index (χ3n) is 13.1. The van der Waals surface area contributed by atoms with Crippen LogP contribution < -0.4 is 24.8 Å². The third kappa shape index (κ3) is 8.45. The molecule has 16 heteroatoms. The Balaban J connectivity index is 1.15. The first-order valence-corrected chi connectivity index (χ1v) is 22.7. The van der Waals surface area contributed by atoms with Gasteiger partial charge in [0.1, 0.15) is 35.7 Å². The van der Waals surface area contributed by atoms with Gasteiger partial charge in [-0.1, -0.05) is 49.7 Å². The van der Waals surface area contributed by atoms with E-state index in [9.17, 15) is 27.6 Å². The number of aromatic nitrogens is 2. The van der Waals surface area contributed by atoms with E-state index < -0.39 is 68.2 Å². The number of ether oxygens (including phenoxy) is 3. The molecule has 6 aliphatic rings. The van der Waals surface area contributed by atoms with Crippen molar-refractivity contribution in [2.75, 3.05) is 13.7 Å². The topological polar surface area (TPSA) is 195 Å². The molecule has 0 spiro atoms. The standard InChI is InChI=1S/C43H54N6O9S/c1-42(22-23-42)59(54,55)48-40(52)43-21-20-28(43)14-8-4-3-5-9-16-33-39(51)49-26-30(25-35(49)37(50)47-43)57-38-32(44-31-19-18-29(56-2)24-34(31)45-38)15-10-6-7-12-27-13-11-17-36(27)58-41(53)46-33/h8,14,18-19,24,27-28,30,33,35-36H,3-7,9-13,15-17,22-23,25-26H2,1-2H3,(H,46,53)(H,47,50)(H,48,52)/b14-8-/t27?,28-,30-,33+,35+,36-,43-/m1/s1. The fourth-order valence-corrected chi connectivity index (χ4v) is 10.3. The lowest BCUT2D eigenvalue weighted by molar-refractivity contribution is -0.141. The number of carbonyl (C=O) groups excluding carboxylic acids is 4. The number of hydrogen-bond acceptors (Lipinski definition) is 11. The molecule has 15 nitrogen and oxygen atoms in total. The molecule has 3 bridgehead atoms. The van der Waals surface area contributed by atoms with Crippen molar-refractivity contribution in [2.45, 2.75) is 144 Å². The first kappa shape index (κ1) is 40.9. The lowest BCUT2D eigenvalue weighted by Gasteiger charge is -2.38. The Morgan fingerprint density at radius 2 is 1.78 bits per heavy atom. The quantitative estimate of drug-likeness (QED) is 0.293. The average molecular weight is 831 g/mol. The molecular formula is C43H54N6O9S. The molecule has 3 aliphatic carbocycles. The number of hydrogen-bond donors (Lipinski definition) is 3. The van der Waals surface area contributed by atoms with E-state index in [1.807, 2.05) is 18.2 Å². The highest BCUT2D eigenvalue weighted by Gasteiger charge is 2.56. The molecule has 2 aromatic rings. The van der Waals surface area contributed by atoms with Crippen LogP contribution in [0.3, 0.4) is 0 Å². The number of rotatable bonds is 4. The van der Waals surface area contributed by atoms with Crippen molar-refractivity contribution < 1.29 is 41.8 Å². The molecule has 1 saturated heterocycles. The molecule has 59 heavy (non-hydrogen) atoms. The van der Waals surface area contributed by atoms with Crippen molar-refractivity contribution in [3.63, 3.8) is 0 Å². The van der Waals surface area contributed by atoms with E-state index in [0.29, 0.717) is 66.9 Å². The zero-order chi connectivity index (χ0) is 41.4. The fourth-order valence-electron chi connectivity index (χ4n) is 9.03. The zero-order valence-corrected chi connectivity index (χ0v) is 34.6. The van der Waals surface area contributed by atoms with Crippen LogP contribution in [-0.4, -0.2) is 95.3 Å². The van der Waals surface area contributed by atoms with Crippen molar-refractivity contribution in [2.24, 2.45) is 11.8 Å². The minimum atomic E-state index is -4.07. The molecular weight excluding hydrogens is 777 g/mol. The summed E-state index contributed by atoms with van der Waals surface area (Å²) in [5.41, 5.74) is 0.00532. The molecule has 1 aromatic carbocycles. The van der Waals surface area contributed by atoms with Gasteiger partial charge in [-0.05, 0) is 95.6 Å². The molecule has 3 fully saturated rings. The smallest absolute Gasteiger partial charge is 0.408 e. The lowest BCUT2D eigenvalue weighted by atomic mass is 9.75. The predicted octanol–water partition coefficient (Wildman–Crippen LogP) is 4.37. The number of nitrogens with zero attached hydrogens (tertiary/aromatic N) is 3. The number of alkyl carbamates (subject to hydrolysis) is 1. The van der Waals surface area contributed by atoms with Gasteiger partial charge in [0.2, 0.25) is 27.7 Å². The number of fused-ring (bicyclic) bond motifs is 6. The summed E-state index contributed by atoms with van der Waals surface area (Å²) in [5.74, 6) is 3.93. The van der Waals surface area contributed by atoms with Gasteiger partial charge < -0.3 is 29.7 Å². The Kier molecular flexibility index (Phi) is 11.5. The molecule has 0 radical (unpaired) electrons. The van der Waals surface area contributed by atoms with Gasteiger partial charge in [0.05, 0.1) is 35.4 Å². The van der Waals surface area contributed by atoms with Crippen LogP contribution in [0.4, 0.5) is 4.79 Å². The summed E-state index contributed by atoms with van der Waals surface area (Å²) in [4.78, 5) is 68.3. The van der Waals surface area contributed by atoms with Gasteiger partial charge in [0.15, 0.2) is 5.54 Å². The van der Waals surface area contributed by atoms with Crippen LogP contribution in [0.25, 0.3) is 11.0 Å². The highest BCUT2D eigenvalue weighted by atomic mass is 32.2. The van der Waals surface area contributed by atoms with Gasteiger partial charge in [-0.2, -0.15) is 0 Å². The van der Waals surface area contributed by atoms with Crippen LogP contribution in [0.1, 0.15) is 109 Å². The predicted molar refractivity (Wildman–Crippen MR) is 216 cm³/mol. The second-order valence-corrected chi connectivity index (χ2v) is 19.4. The fraction of sp³-hybridized carbons (Fsp3) is 0.628. The number of amides is 4. The number of nitrogens with one attached hydrogen (secondary N) is 3. The minimum absolute atomic E-state index is 0.0117. The highest BCUT2D eigenvalue weighted by molar-refractivity contribution is 7.91. The lowest BCUT2D eigenvalue weighted by Crippen LogP contribution is -2.68. The summed E-state index contributed by atoms with van der Waals surface area (Å²) in [6.07, 6.45) is 12.8. The first-order chi connectivity index (χ1) is 28.4. The normalized spacial score (nSPS) is 31.6. The Hall–Kier alpha value is -4.91. The van der Waals surface area contributed by atoms with E-state index in [1.54, 1.807) is 26.2 Å². The van der Waals surface area contributed by atoms with E-state index in [0.717, 1.165) is 57.8 Å². The number of allylic oxidation sites excluding steroid dienone is 1. The van der Waals surface area contributed by atoms with Gasteiger partial charge in [0, 0.05) is 12.5 Å². The Labute approximate surface area is 345 Å². The second kappa shape index (κ2) is 16.6. The van der Waals surface area contributed by atoms with Crippen molar-refractivity contribution in [1.82, 2.24) is 30.2 Å². The number of methoxy groups -OCH3 is 1. The zero-order valence-electron chi connectivity index (χ0n) is 33.8. The number of sulfonamides is 1. The molecule has 3 aliphatic heterocycles. The maximum Gasteiger partial charge on any atom is 0.408 e. The molecule has 8 rings (SSSR count). The molecule has 4 amide bonds. The summed E-state index contributed by atoms with van der Waals surface area (Å²) >= 11 is 0. The van der Waals surface area contributed by atoms with Gasteiger partial charge in [0.25, 0.3) is 5.91 Å². The van der Waals surface area contributed by atoms with Crippen LogP contribution in [-0.2, 0) is 35.6 Å². The molecule has 1 aromatic heterocycles. The maximum atomic E-state index is 14.8. The summed E-state index contributed by atoms with van der Waals surface area (Å²) in [5, 5.41) is 5.70. The Bertz CT molecular complexity index is 2200. The van der Waals surface area contributed by atoms with Crippen LogP contribution in [0, 0.1) is 23.7 Å². The number of benzene rings is 1. The van der Waals surface area contributed by atoms with Crippen LogP contribution >= 0.6 is 0 Å². The average Bonchev–Trinajstić information content (AvgIpc) is 3.61. The largest absolute Gasteiger partial charge is 0.497 e. The van der Waals surface area contributed by atoms with E-state index >= 15 is 0 Å². The van der Waals surface area contributed by atoms with Crippen molar-refractivity contribution in [1.29, 1.82) is 0 Å². The maximum absolute atomic E-state index is 14.8. The van der Waals surface area contributed by atoms with Crippen molar-refractivity contribution in [3.05, 3.63) is 36.0 Å². The first-order valence-electron chi connectivity index (χ1n) is 21.3. The third-order valence-corrected chi connectivity index (χ3v) is 15.2. The van der Waals surface area contributed by atoms with E-state index in [4.69, 9.17) is 24.2 Å². The summed E-state index contributed by atoms with van der Waals surface area (Å²) in [6, 6.07) is 3.28. The summed E-state index contributed by atoms with van der Waals surface area (Å²) < 4.78 is 45.8. The molecule has 316 valence electrons. The van der Waals surface area contributed by atoms with Crippen molar-refractivity contribution in [3.8, 4) is 23.5 Å². The van der Waals surface area contributed by atoms with Gasteiger partial charge in [-0.25, -0.2) is 27.9 Å². The van der Waals surface area contributed by atoms with Crippen molar-refractivity contribution >= 4 is 44.9 Å². The van der Waals surface area contributed by atoms with E-state index in [-0.39, 0.29) is 25.0 Å². The van der Waals surface area contributed by atoms with Crippen LogP contribution in [0.2, 0.25) is 0 Å². The summed E-state index contributed by atoms with van der Waals surface area (Å²) in [7, 11) is -2.50. The Morgan fingerprint density at radius 3 is 2.56 bits per heavy atom. The van der Waals surface area contributed by atoms with Crippen LogP contribution in [0.15, 0.2) is 30.4 Å². The van der Waals surface area contributed by atoms with Gasteiger partial charge in [-0.15, -0.1) is 0 Å². The van der Waals surface area contributed by atoms with Gasteiger partial charge >= 0.3 is 6.09 Å². The SMILES string of the molecule is COc1ccc2nc3c(nc2c1)O[C@@H]1C[C@H]2C(=O)N[C@]4(C(=O)NS(=O)(=O)C5(C)CC5)C#C[C@H]4/C=C\CCCCC[C@H](NC(=O)O[C@@H]4CCCC4CCCCC3)C(=O)N2C1. The molecule has 1 unspecified atom stereocenters. The molecule has 4 heterocycles. The monoisotopic (exact) mass is 830 g/mol. The molecule has 3 N–H and O–H groups in total. The van der Waals surface area contributed by atoms with Gasteiger partial charge in [-0.3, -0.25) is 14.4 Å². The van der Waals surface area contributed by atoms with E-state index in [2.05, 4.69) is 27.2 Å². The number of aryl methyl sites for hydroxylation is 1. The summed E-state index contributed by atoms with van der Waals surface area (Å²) in [6.45, 7) is 1.54. The molecule has 2 saturated carbocycles. The highest BCUT2D eigenvalue weighted by Crippen LogP contribution is 2.43. The second-order valence-electron chi connectivity index (χ2n) is 17.2. The number of carbonyl (C=O) groups is 4. The van der Waals surface area contributed by atoms with Crippen LogP contribution in [0.5, 0.6) is 11.6 Å². The van der Waals surface area contributed by atoms with E-state index in [1.165, 1.54) is 4.90 Å². The minimum Gasteiger partial charge on any atom is -0.497 e.